The van der Waals surface area contributed by atoms with Crippen LogP contribution in [0.1, 0.15) is 0 Å². The van der Waals surface area contributed by atoms with Gasteiger partial charge in [-0.1, -0.05) is 212 Å². The van der Waals surface area contributed by atoms with Crippen molar-refractivity contribution >= 4 is 94.2 Å². The largest absolute Gasteiger partial charge is 0.309 e. The second-order valence-corrected chi connectivity index (χ2v) is 21.9. The Bertz CT molecular complexity index is 4140. The molecule has 5 nitrogen and oxygen atoms in total. The molecule has 70 heavy (non-hydrogen) atoms. The summed E-state index contributed by atoms with van der Waals surface area (Å²) in [6.07, 6.45) is 0. The van der Waals surface area contributed by atoms with Crippen LogP contribution in [0.5, 0.6) is 0 Å². The molecule has 14 rings (SSSR count). The minimum atomic E-state index is -2.88. The zero-order valence-corrected chi connectivity index (χ0v) is 39.1. The highest BCUT2D eigenvalue weighted by molar-refractivity contribution is 7.19. The molecule has 0 fully saturated rings. The van der Waals surface area contributed by atoms with E-state index in [9.17, 15) is 0 Å². The van der Waals surface area contributed by atoms with Crippen LogP contribution in [0.3, 0.4) is 0 Å². The summed E-state index contributed by atoms with van der Waals surface area (Å²) in [5.41, 5.74) is 9.55. The van der Waals surface area contributed by atoms with E-state index < -0.39 is 8.07 Å². The highest BCUT2D eigenvalue weighted by Crippen LogP contribution is 2.42. The Morgan fingerprint density at radius 1 is 0.300 bits per heavy atom. The normalized spacial score (nSPS) is 12.0. The van der Waals surface area contributed by atoms with Crippen molar-refractivity contribution in [2.75, 3.05) is 0 Å². The molecule has 0 aliphatic carbocycles. The molecule has 14 aromatic rings. The predicted octanol–water partition coefficient (Wildman–Crippen LogP) is 12.8. The van der Waals surface area contributed by atoms with Gasteiger partial charge in [0.2, 0.25) is 5.95 Å². The van der Waals surface area contributed by atoms with Gasteiger partial charge >= 0.3 is 0 Å². The number of para-hydroxylation sites is 5. The van der Waals surface area contributed by atoms with Gasteiger partial charge in [-0.15, -0.1) is 0 Å². The zero-order chi connectivity index (χ0) is 46.2. The maximum Gasteiger partial charge on any atom is 0.237 e. The molecule has 0 N–H and O–H groups in total. The van der Waals surface area contributed by atoms with E-state index in [-0.39, 0.29) is 0 Å². The fourth-order valence-electron chi connectivity index (χ4n) is 11.5. The molecule has 0 saturated heterocycles. The zero-order valence-electron chi connectivity index (χ0n) is 38.1. The lowest BCUT2D eigenvalue weighted by Gasteiger charge is -2.34. The average molecular weight is 910 g/mol. The third-order valence-electron chi connectivity index (χ3n) is 14.4. The van der Waals surface area contributed by atoms with Crippen molar-refractivity contribution in [2.45, 2.75) is 0 Å². The van der Waals surface area contributed by atoms with E-state index in [4.69, 9.17) is 9.97 Å². The summed E-state index contributed by atoms with van der Waals surface area (Å²) < 4.78 is 7.04. The molecule has 10 aromatic carbocycles. The Kier molecular flexibility index (Phi) is 9.15. The molecule has 0 spiro atoms. The minimum absolute atomic E-state index is 0.604. The molecule has 0 saturated carbocycles. The molecule has 4 heterocycles. The Hall–Kier alpha value is -9.10. The molecule has 0 unspecified atom stereocenters. The number of benzene rings is 10. The maximum atomic E-state index is 5.76. The first-order valence-corrected chi connectivity index (χ1v) is 25.9. The van der Waals surface area contributed by atoms with E-state index in [1.165, 1.54) is 36.9 Å². The van der Waals surface area contributed by atoms with Crippen LogP contribution in [-0.4, -0.2) is 31.7 Å². The molecule has 328 valence electrons. The van der Waals surface area contributed by atoms with Gasteiger partial charge in [0.1, 0.15) is 5.82 Å². The van der Waals surface area contributed by atoms with Crippen LogP contribution in [-0.2, 0) is 0 Å². The van der Waals surface area contributed by atoms with E-state index in [1.54, 1.807) is 0 Å². The van der Waals surface area contributed by atoms with Gasteiger partial charge in [-0.05, 0) is 63.2 Å². The fraction of sp³-hybridized carbons (Fsp3) is 0. The first-order chi connectivity index (χ1) is 34.8. The van der Waals surface area contributed by atoms with Gasteiger partial charge < -0.3 is 4.57 Å². The van der Waals surface area contributed by atoms with Crippen LogP contribution in [0.15, 0.2) is 261 Å². The van der Waals surface area contributed by atoms with Gasteiger partial charge in [-0.2, -0.15) is 4.98 Å². The summed E-state index contributed by atoms with van der Waals surface area (Å²) in [6, 6.07) is 94.9. The number of hydrogen-bond acceptors (Lipinski definition) is 2. The maximum absolute atomic E-state index is 5.76. The van der Waals surface area contributed by atoms with Gasteiger partial charge in [0.15, 0.2) is 8.07 Å². The SMILES string of the molecule is c1ccc(-n2c3ccccc3c3c2ccc2c4ccccc4n(-c4nc(-c5cccc([Si](c6ccccc6)(c6ccccc6)c6ccccc6)c5)cc(-n5c6ccccc6c6ccccc65)n4)c23)cc1. The van der Waals surface area contributed by atoms with Gasteiger partial charge in [0, 0.05) is 49.6 Å². The lowest BCUT2D eigenvalue weighted by Crippen LogP contribution is -2.74. The average Bonchev–Trinajstić information content (AvgIpc) is 4.08. The van der Waals surface area contributed by atoms with Crippen molar-refractivity contribution in [2.24, 2.45) is 0 Å². The molecule has 0 bridgehead atoms. The van der Waals surface area contributed by atoms with Crippen molar-refractivity contribution in [3.8, 4) is 28.7 Å². The lowest BCUT2D eigenvalue weighted by atomic mass is 10.1. The summed E-state index contributed by atoms with van der Waals surface area (Å²) >= 11 is 0. The quantitative estimate of drug-likeness (QED) is 0.113. The van der Waals surface area contributed by atoms with Crippen LogP contribution >= 0.6 is 0 Å². The van der Waals surface area contributed by atoms with Crippen molar-refractivity contribution in [3.63, 3.8) is 0 Å². The van der Waals surface area contributed by atoms with Gasteiger partial charge in [-0.3, -0.25) is 9.13 Å². The third-order valence-corrected chi connectivity index (χ3v) is 19.2. The monoisotopic (exact) mass is 909 g/mol. The molecule has 0 radical (unpaired) electrons. The molecule has 0 aliphatic rings. The molecule has 0 amide bonds. The Labute approximate surface area is 405 Å². The number of aromatic nitrogens is 5. The molecule has 0 aliphatic heterocycles. The summed E-state index contributed by atoms with van der Waals surface area (Å²) in [5, 5.41) is 12.2. The lowest BCUT2D eigenvalue weighted by molar-refractivity contribution is 0.953. The van der Waals surface area contributed by atoms with Crippen molar-refractivity contribution in [3.05, 3.63) is 261 Å². The van der Waals surface area contributed by atoms with Crippen molar-refractivity contribution < 1.29 is 0 Å². The topological polar surface area (TPSA) is 40.6 Å². The molecule has 6 heteroatoms. The van der Waals surface area contributed by atoms with Crippen LogP contribution < -0.4 is 20.7 Å². The van der Waals surface area contributed by atoms with E-state index in [1.807, 2.05) is 0 Å². The van der Waals surface area contributed by atoms with Crippen LogP contribution in [0.2, 0.25) is 0 Å². The molecule has 0 atom stereocenters. The fourth-order valence-corrected chi connectivity index (χ4v) is 16.3. The van der Waals surface area contributed by atoms with Crippen LogP contribution in [0.4, 0.5) is 0 Å². The van der Waals surface area contributed by atoms with E-state index in [2.05, 4.69) is 275 Å². The van der Waals surface area contributed by atoms with Crippen LogP contribution in [0.25, 0.3) is 94.1 Å². The highest BCUT2D eigenvalue weighted by Gasteiger charge is 2.41. The van der Waals surface area contributed by atoms with E-state index >= 15 is 0 Å². The Balaban J connectivity index is 1.11. The number of rotatable bonds is 8. The summed E-state index contributed by atoms with van der Waals surface area (Å²) in [5.74, 6) is 1.40. The predicted molar refractivity (Wildman–Crippen MR) is 294 cm³/mol. The van der Waals surface area contributed by atoms with Crippen molar-refractivity contribution in [1.29, 1.82) is 0 Å². The second-order valence-electron chi connectivity index (χ2n) is 18.1. The van der Waals surface area contributed by atoms with Gasteiger partial charge in [0.25, 0.3) is 0 Å². The standard InChI is InChI=1S/C64H43N5Si/c1-5-23-45(24-6-1)67-59-39-20-16-35-54(59)62-60(67)41-40-53-52-34-15-19-38-58(52)69(63(53)62)64-65-55(43-61(66-64)68-56-36-17-13-32-50(56)51-33-14-18-37-57(51)68)44-22-21-31-49(42-44)70(46-25-7-2-8-26-46,47-27-9-3-10-28-47)48-29-11-4-12-30-48/h1-43H. The molecular formula is C64H43N5Si. The van der Waals surface area contributed by atoms with Gasteiger partial charge in [-0.25, -0.2) is 4.98 Å². The van der Waals surface area contributed by atoms with E-state index in [0.29, 0.717) is 5.95 Å². The third kappa shape index (κ3) is 5.97. The first-order valence-electron chi connectivity index (χ1n) is 23.9. The summed E-state index contributed by atoms with van der Waals surface area (Å²) in [6.45, 7) is 0. The second kappa shape index (κ2) is 16.0. The molecular weight excluding hydrogens is 867 g/mol. The van der Waals surface area contributed by atoms with E-state index in [0.717, 1.165) is 72.0 Å². The Morgan fingerprint density at radius 2 is 0.757 bits per heavy atom. The smallest absolute Gasteiger partial charge is 0.237 e. The number of hydrogen-bond donors (Lipinski definition) is 0. The highest BCUT2D eigenvalue weighted by atomic mass is 28.3. The van der Waals surface area contributed by atoms with Crippen LogP contribution in [0, 0.1) is 0 Å². The number of fused-ring (bicyclic) bond motifs is 10. The number of nitrogens with zero attached hydrogens (tertiary/aromatic N) is 5. The minimum Gasteiger partial charge on any atom is -0.309 e. The summed E-state index contributed by atoms with van der Waals surface area (Å²) in [4.78, 5) is 11.5. The van der Waals surface area contributed by atoms with Gasteiger partial charge in [0.05, 0.1) is 38.8 Å². The molecule has 4 aromatic heterocycles. The summed E-state index contributed by atoms with van der Waals surface area (Å²) in [7, 11) is -2.88. The Morgan fingerprint density at radius 3 is 1.33 bits per heavy atom. The van der Waals surface area contributed by atoms with Crippen molar-refractivity contribution in [1.82, 2.24) is 23.7 Å². The first kappa shape index (κ1) is 40.0.